The highest BCUT2D eigenvalue weighted by Gasteiger charge is 2.39. The Morgan fingerprint density at radius 3 is 2.00 bits per heavy atom. The molecule has 0 radical (unpaired) electrons. The summed E-state index contributed by atoms with van der Waals surface area (Å²) in [6.07, 6.45) is -0.0617. The van der Waals surface area contributed by atoms with E-state index in [0.29, 0.717) is 0 Å². The van der Waals surface area contributed by atoms with Gasteiger partial charge in [0.15, 0.2) is 13.9 Å². The first-order valence-corrected chi connectivity index (χ1v) is 10.1. The lowest BCUT2D eigenvalue weighted by Gasteiger charge is -2.31. The van der Waals surface area contributed by atoms with Crippen molar-refractivity contribution in [1.82, 2.24) is 0 Å². The van der Waals surface area contributed by atoms with E-state index in [1.165, 1.54) is 14.2 Å². The number of rotatable bonds is 6. The first-order chi connectivity index (χ1) is 7.10. The molecule has 0 aliphatic carbocycles. The van der Waals surface area contributed by atoms with Crippen molar-refractivity contribution < 1.29 is 18.0 Å². The summed E-state index contributed by atoms with van der Waals surface area (Å²) >= 11 is 0. The van der Waals surface area contributed by atoms with E-state index in [1.807, 2.05) is 25.7 Å². The summed E-state index contributed by atoms with van der Waals surface area (Å²) in [5.74, 6) is 0. The number of nitrogens with zero attached hydrogens (tertiary/aromatic N) is 1. The summed E-state index contributed by atoms with van der Waals surface area (Å²) in [6.45, 7) is 7.50. The molecular weight excluding hydrogens is 245 g/mol. The zero-order valence-corrected chi connectivity index (χ0v) is 12.6. The Labute approximate surface area is 98.4 Å². The molecule has 0 saturated carbocycles. The normalized spacial score (nSPS) is 16.6. The smallest absolute Gasteiger partial charge is 0.334 e. The summed E-state index contributed by atoms with van der Waals surface area (Å²) in [6, 6.07) is 2.04. The third kappa shape index (κ3) is 5.24. The van der Waals surface area contributed by atoms with Crippen LogP contribution in [0.3, 0.4) is 0 Å². The fourth-order valence-corrected chi connectivity index (χ4v) is 4.21. The van der Waals surface area contributed by atoms with Crippen molar-refractivity contribution in [2.45, 2.75) is 32.2 Å². The minimum atomic E-state index is -3.23. The van der Waals surface area contributed by atoms with E-state index in [1.54, 1.807) is 6.92 Å². The van der Waals surface area contributed by atoms with Crippen LogP contribution in [0, 0.1) is 11.3 Å². The number of hydrogen-bond donors (Lipinski definition) is 0. The molecule has 0 aromatic carbocycles. The number of hydrogen-bond acceptors (Lipinski definition) is 5. The van der Waals surface area contributed by atoms with Crippen molar-refractivity contribution in [2.24, 2.45) is 0 Å². The van der Waals surface area contributed by atoms with Gasteiger partial charge >= 0.3 is 7.60 Å². The maximum absolute atomic E-state index is 12.0. The fourth-order valence-electron chi connectivity index (χ4n) is 1.34. The van der Waals surface area contributed by atoms with Gasteiger partial charge < -0.3 is 13.5 Å². The molecule has 0 saturated heterocycles. The fraction of sp³-hybridized carbons (Fsp3) is 0.889. The van der Waals surface area contributed by atoms with Crippen LogP contribution < -0.4 is 0 Å². The average Bonchev–Trinajstić information content (AvgIpc) is 2.15. The van der Waals surface area contributed by atoms with Gasteiger partial charge in [-0.05, 0) is 26.6 Å². The molecule has 0 aliphatic rings. The molecule has 0 aromatic rings. The van der Waals surface area contributed by atoms with Gasteiger partial charge in [0, 0.05) is 14.2 Å². The standard InChI is InChI=1S/C9H20NO4PSi/c1-9(7-10,14-16(4,5)6)8-15(11,12-2)13-3/h8H2,1-6H3. The van der Waals surface area contributed by atoms with E-state index in [4.69, 9.17) is 18.7 Å². The van der Waals surface area contributed by atoms with Gasteiger partial charge in [-0.15, -0.1) is 0 Å². The second-order valence-corrected chi connectivity index (χ2v) is 11.4. The van der Waals surface area contributed by atoms with Crippen LogP contribution in [0.1, 0.15) is 6.92 Å². The molecule has 1 atom stereocenters. The molecule has 16 heavy (non-hydrogen) atoms. The third-order valence-electron chi connectivity index (χ3n) is 1.82. The highest BCUT2D eigenvalue weighted by molar-refractivity contribution is 7.53. The van der Waals surface area contributed by atoms with Gasteiger partial charge in [0.2, 0.25) is 0 Å². The molecule has 0 heterocycles. The van der Waals surface area contributed by atoms with Crippen LogP contribution in [0.25, 0.3) is 0 Å². The Hall–Kier alpha value is -0.183. The van der Waals surface area contributed by atoms with Crippen LogP contribution in [0.2, 0.25) is 19.6 Å². The second kappa shape index (κ2) is 5.43. The summed E-state index contributed by atoms with van der Waals surface area (Å²) < 4.78 is 27.3. The largest absolute Gasteiger partial charge is 0.400 e. The van der Waals surface area contributed by atoms with Gasteiger partial charge in [-0.3, -0.25) is 4.57 Å². The Kier molecular flexibility index (Phi) is 5.37. The second-order valence-electron chi connectivity index (χ2n) is 4.69. The molecule has 0 aromatic heterocycles. The van der Waals surface area contributed by atoms with E-state index in [2.05, 4.69) is 0 Å². The predicted octanol–water partition coefficient (Wildman–Crippen LogP) is 2.61. The highest BCUT2D eigenvalue weighted by Crippen LogP contribution is 2.49. The van der Waals surface area contributed by atoms with E-state index in [0.717, 1.165) is 0 Å². The zero-order valence-electron chi connectivity index (χ0n) is 10.7. The first-order valence-electron chi connectivity index (χ1n) is 4.92. The van der Waals surface area contributed by atoms with E-state index in [9.17, 15) is 4.57 Å². The van der Waals surface area contributed by atoms with Crippen molar-refractivity contribution >= 4 is 15.9 Å². The van der Waals surface area contributed by atoms with E-state index in [-0.39, 0.29) is 6.16 Å². The topological polar surface area (TPSA) is 68.6 Å². The Morgan fingerprint density at radius 2 is 1.75 bits per heavy atom. The van der Waals surface area contributed by atoms with Crippen molar-refractivity contribution in [2.75, 3.05) is 20.4 Å². The first kappa shape index (κ1) is 15.8. The molecule has 94 valence electrons. The van der Waals surface area contributed by atoms with Gasteiger partial charge in [0.05, 0.1) is 12.2 Å². The molecule has 0 fully saturated rings. The van der Waals surface area contributed by atoms with E-state index < -0.39 is 21.5 Å². The molecule has 5 nitrogen and oxygen atoms in total. The summed E-state index contributed by atoms with van der Waals surface area (Å²) in [5, 5.41) is 9.12. The van der Waals surface area contributed by atoms with Gasteiger partial charge in [0.25, 0.3) is 0 Å². The molecular formula is C9H20NO4PSi. The van der Waals surface area contributed by atoms with Crippen molar-refractivity contribution in [3.8, 4) is 6.07 Å². The highest BCUT2D eigenvalue weighted by atomic mass is 31.2. The van der Waals surface area contributed by atoms with Crippen molar-refractivity contribution in [3.63, 3.8) is 0 Å². The van der Waals surface area contributed by atoms with Gasteiger partial charge in [-0.2, -0.15) is 5.26 Å². The summed E-state index contributed by atoms with van der Waals surface area (Å²) in [5.41, 5.74) is -1.13. The molecule has 0 spiro atoms. The predicted molar refractivity (Wildman–Crippen MR) is 64.9 cm³/mol. The van der Waals surface area contributed by atoms with Gasteiger partial charge in [-0.25, -0.2) is 0 Å². The molecule has 0 aliphatic heterocycles. The average molecular weight is 265 g/mol. The molecule has 0 amide bonds. The summed E-state index contributed by atoms with van der Waals surface area (Å²) in [4.78, 5) is 0. The molecule has 0 bridgehead atoms. The Balaban J connectivity index is 4.88. The van der Waals surface area contributed by atoms with Crippen LogP contribution >= 0.6 is 7.60 Å². The van der Waals surface area contributed by atoms with Gasteiger partial charge in [-0.1, -0.05) is 0 Å². The zero-order chi connectivity index (χ0) is 13.0. The lowest BCUT2D eigenvalue weighted by molar-refractivity contribution is 0.151. The van der Waals surface area contributed by atoms with E-state index >= 15 is 0 Å². The molecule has 0 rings (SSSR count). The monoisotopic (exact) mass is 265 g/mol. The van der Waals surface area contributed by atoms with Crippen LogP contribution in [0.15, 0.2) is 0 Å². The van der Waals surface area contributed by atoms with Crippen molar-refractivity contribution in [3.05, 3.63) is 0 Å². The molecule has 7 heteroatoms. The maximum atomic E-state index is 12.0. The Morgan fingerprint density at radius 1 is 1.31 bits per heavy atom. The van der Waals surface area contributed by atoms with Crippen LogP contribution in [-0.2, 0) is 18.0 Å². The minimum Gasteiger partial charge on any atom is -0.400 e. The van der Waals surface area contributed by atoms with Gasteiger partial charge in [0.1, 0.15) is 0 Å². The van der Waals surface area contributed by atoms with Crippen molar-refractivity contribution in [1.29, 1.82) is 5.26 Å². The third-order valence-corrected chi connectivity index (χ3v) is 4.99. The Bertz CT molecular complexity index is 314. The van der Waals surface area contributed by atoms with Crippen LogP contribution in [0.5, 0.6) is 0 Å². The maximum Gasteiger partial charge on any atom is 0.334 e. The van der Waals surface area contributed by atoms with Crippen LogP contribution in [-0.4, -0.2) is 34.3 Å². The quantitative estimate of drug-likeness (QED) is 0.545. The minimum absolute atomic E-state index is 0.0617. The van der Waals surface area contributed by atoms with Crippen LogP contribution in [0.4, 0.5) is 0 Å². The summed E-state index contributed by atoms with van der Waals surface area (Å²) in [7, 11) is -2.52. The lowest BCUT2D eigenvalue weighted by Crippen LogP contribution is -2.42. The molecule has 1 unspecified atom stereocenters. The lowest BCUT2D eigenvalue weighted by atomic mass is 10.2. The number of nitriles is 1. The molecule has 0 N–H and O–H groups in total. The SMILES string of the molecule is COP(=O)(CC(C)(C#N)O[Si](C)(C)C)OC.